The van der Waals surface area contributed by atoms with Gasteiger partial charge in [-0.3, -0.25) is 9.59 Å². The third-order valence-corrected chi connectivity index (χ3v) is 27.8. The SMILES string of the molecule is CC(C)c1cc(C(C)C)c(CCCC(=O)O)c(C(C)C)c1.CC(C)c1cc(C(C)C)c(S(=O)(=O)NCC(=O)NCCCC2=CCC=CC2)c(C(C)C)c1.CC(C)c1cc(C(C)C)c(S(=O)(=O)NCCNCCCC2=CCC=CC2)c(C(C)C)c1.CC(C)c1cc(C(C)C)c(S(=O)(=O)[N-]CCNCCCc2ccccc2)c(C(C)C)c1.NCCCC1=CCC=CC1.[CH3-].[Cl][Ru+3]. The number of carbonyl (C=O) groups excluding carboxylic acids is 1. The minimum absolute atomic E-state index is 0. The molecular formula is C107H169ClN7O9RuS3+. The topological polar surface area (TPSA) is 257 Å². The molecule has 0 saturated carbocycles. The Morgan fingerprint density at radius 1 is 0.398 bits per heavy atom. The summed E-state index contributed by atoms with van der Waals surface area (Å²) >= 11 is 1.82. The van der Waals surface area contributed by atoms with E-state index in [0.29, 0.717) is 76.4 Å². The van der Waals surface area contributed by atoms with E-state index in [0.717, 1.165) is 155 Å². The molecule has 0 spiro atoms. The van der Waals surface area contributed by atoms with Gasteiger partial charge in [-0.1, -0.05) is 316 Å². The fourth-order valence-electron chi connectivity index (χ4n) is 15.5. The van der Waals surface area contributed by atoms with Gasteiger partial charge >= 0.3 is 33.0 Å². The zero-order valence-corrected chi connectivity index (χ0v) is 88.2. The van der Waals surface area contributed by atoms with Crippen molar-refractivity contribution in [1.29, 1.82) is 0 Å². The Morgan fingerprint density at radius 2 is 0.734 bits per heavy atom. The maximum atomic E-state index is 13.3. The number of amides is 1. The van der Waals surface area contributed by atoms with Crippen molar-refractivity contribution >= 4 is 51.6 Å². The van der Waals surface area contributed by atoms with Gasteiger partial charge in [0.1, 0.15) is 10.0 Å². The molecule has 0 unspecified atom stereocenters. The van der Waals surface area contributed by atoms with Gasteiger partial charge in [0.05, 0.1) is 21.2 Å². The van der Waals surface area contributed by atoms with Gasteiger partial charge in [0, 0.05) is 26.1 Å². The van der Waals surface area contributed by atoms with Crippen molar-refractivity contribution in [2.75, 3.05) is 58.9 Å². The van der Waals surface area contributed by atoms with Crippen molar-refractivity contribution < 1.29 is 57.3 Å². The molecule has 1 amide bonds. The molecule has 0 saturated heterocycles. The summed E-state index contributed by atoms with van der Waals surface area (Å²) in [5, 5.41) is 18.4. The number of carbonyl (C=O) groups is 2. The van der Waals surface area contributed by atoms with Crippen molar-refractivity contribution in [3.05, 3.63) is 240 Å². The van der Waals surface area contributed by atoms with Gasteiger partial charge in [0.15, 0.2) is 0 Å². The van der Waals surface area contributed by atoms with E-state index in [2.05, 4.69) is 294 Å². The van der Waals surface area contributed by atoms with E-state index in [1.54, 1.807) is 5.57 Å². The molecule has 0 heterocycles. The molecule has 3 aliphatic carbocycles. The van der Waals surface area contributed by atoms with Gasteiger partial charge in [-0.05, 0) is 278 Å². The van der Waals surface area contributed by atoms with E-state index in [1.807, 2.05) is 63.2 Å². The number of hydrogen-bond acceptors (Lipinski definition) is 11. The fourth-order valence-corrected chi connectivity index (χ4v) is 20.6. The number of benzene rings is 5. The summed E-state index contributed by atoms with van der Waals surface area (Å²) in [5.41, 5.74) is 25.5. The fraction of sp³-hybridized carbons (Fsp3) is 0.579. The number of carboxylic acids is 1. The second-order valence-electron chi connectivity index (χ2n) is 37.8. The van der Waals surface area contributed by atoms with E-state index in [4.69, 9.17) is 10.8 Å². The molecule has 16 nitrogen and oxygen atoms in total. The van der Waals surface area contributed by atoms with Crippen LogP contribution in [-0.2, 0) is 69.8 Å². The summed E-state index contributed by atoms with van der Waals surface area (Å²) in [6, 6.07) is 27.4. The van der Waals surface area contributed by atoms with Crippen LogP contribution >= 0.6 is 9.69 Å². The van der Waals surface area contributed by atoms with E-state index in [1.165, 1.54) is 56.5 Å². The van der Waals surface area contributed by atoms with Crippen LogP contribution in [-0.4, -0.2) is 101 Å². The molecule has 0 aliphatic heterocycles. The van der Waals surface area contributed by atoms with Gasteiger partial charge in [-0.2, -0.15) is 0 Å². The first-order valence-corrected chi connectivity index (χ1v) is 54.0. The number of hydrogen-bond donors (Lipinski definition) is 7. The molecule has 0 atom stereocenters. The molecule has 3 aliphatic rings. The summed E-state index contributed by atoms with van der Waals surface area (Å²) in [6.45, 7) is 55.4. The summed E-state index contributed by atoms with van der Waals surface area (Å²) in [5.74, 6) is 2.11. The van der Waals surface area contributed by atoms with Crippen LogP contribution in [0.15, 0.2) is 165 Å². The average Bonchev–Trinajstić information content (AvgIpc) is 0.776. The molecule has 8 N–H and O–H groups in total. The van der Waals surface area contributed by atoms with E-state index >= 15 is 0 Å². The Balaban J connectivity index is 0.000000556. The Kier molecular flexibility index (Phi) is 56.9. The number of sulfonamides is 3. The van der Waals surface area contributed by atoms with Crippen molar-refractivity contribution in [1.82, 2.24) is 25.4 Å². The normalized spacial score (nSPS) is 13.4. The molecule has 128 heavy (non-hydrogen) atoms. The number of aryl methyl sites for hydroxylation is 1. The minimum atomic E-state index is -3.82. The van der Waals surface area contributed by atoms with Crippen LogP contribution in [0.1, 0.15) is 411 Å². The van der Waals surface area contributed by atoms with Crippen molar-refractivity contribution in [3.8, 4) is 0 Å². The van der Waals surface area contributed by atoms with Gasteiger partial charge in [0.25, 0.3) is 0 Å². The number of allylic oxidation sites excluding steroid dienone is 12. The van der Waals surface area contributed by atoms with E-state index in [-0.39, 0.29) is 68.4 Å². The van der Waals surface area contributed by atoms with Crippen LogP contribution in [0.5, 0.6) is 0 Å². The number of rotatable bonds is 45. The Hall–Kier alpha value is -6.00. The van der Waals surface area contributed by atoms with Crippen LogP contribution in [0, 0.1) is 7.43 Å². The van der Waals surface area contributed by atoms with Crippen LogP contribution in [0.2, 0.25) is 0 Å². The standard InChI is InChI=1S/C26H40N2O3S.C26H42N2O2S.C26H39N2O2S.C19H30O2.C9H15N.CH3.ClH.Ru/c1-18(2)22-15-23(19(3)4)26(24(16-22)20(5)6)32(30,31)28-17-25(29)27-14-10-13-21-11-8-7-9-12-21;2*1-19(2)23-17-24(20(3)4)26(25(18-23)21(5)6)31(29,30)28-16-15-27-14-10-13-22-11-8-7-9-12-22;1-12(2)15-10-17(13(3)4)16(8-7-9-19(20)21)18(11-15)14(5)6;10-8-4-7-9-5-2-1-3-6-9;;;/h7-8,12,15-16,18-20,28H,9-11,13-14,17H2,1-6H3,(H,27,29);7-8,12,17-21,27-28H,9-11,13-16H2,1-6H3;7-9,11-12,17-21,27H,10,13-16H2,1-6H3;10-14H,7-9H2,1-6H3,(H,20,21);1-2,6H,3-5,7-8,10H2;1H3;1H;/q;;-1;;;-1;;+4/p-1. The molecular weight excluding hydrogens is 1760 g/mol. The number of nitrogens with two attached hydrogens (primary N) is 1. The van der Waals surface area contributed by atoms with Crippen molar-refractivity contribution in [2.24, 2.45) is 5.73 Å². The van der Waals surface area contributed by atoms with Crippen molar-refractivity contribution in [3.63, 3.8) is 0 Å². The molecule has 21 heteroatoms. The van der Waals surface area contributed by atoms with Crippen molar-refractivity contribution in [2.45, 2.75) is 361 Å². The summed E-state index contributed by atoms with van der Waals surface area (Å²) < 4.78 is 89.2. The first-order chi connectivity index (χ1) is 60.0. The zero-order valence-electron chi connectivity index (χ0n) is 83.2. The molecule has 8 rings (SSSR count). The Bertz CT molecular complexity index is 4570. The van der Waals surface area contributed by atoms with Gasteiger partial charge in [-0.25, -0.2) is 34.7 Å². The van der Waals surface area contributed by atoms with E-state index in [9.17, 15) is 34.8 Å². The van der Waals surface area contributed by atoms with Crippen LogP contribution in [0.4, 0.5) is 0 Å². The predicted molar refractivity (Wildman–Crippen MR) is 543 cm³/mol. The number of nitrogens with zero attached hydrogens (tertiary/aromatic N) is 1. The molecule has 0 bridgehead atoms. The second kappa shape index (κ2) is 61.7. The summed E-state index contributed by atoms with van der Waals surface area (Å²) in [6.07, 6.45) is 36.7. The molecule has 0 aromatic heterocycles. The molecule has 5 aromatic carbocycles. The van der Waals surface area contributed by atoms with E-state index < -0.39 is 36.0 Å². The Labute approximate surface area is 794 Å². The number of nitrogens with one attached hydrogen (secondary N) is 5. The summed E-state index contributed by atoms with van der Waals surface area (Å²) in [4.78, 5) is 24.3. The first kappa shape index (κ1) is 118. The third kappa shape index (κ3) is 42.1. The predicted octanol–water partition coefficient (Wildman–Crippen LogP) is 26.4. The van der Waals surface area contributed by atoms with Crippen LogP contribution in [0.25, 0.3) is 4.72 Å². The molecule has 0 radical (unpaired) electrons. The van der Waals surface area contributed by atoms with Gasteiger partial charge in [-0.15, -0.1) is 6.54 Å². The molecule has 718 valence electrons. The van der Waals surface area contributed by atoms with Crippen LogP contribution < -0.4 is 31.1 Å². The Morgan fingerprint density at radius 3 is 1.08 bits per heavy atom. The van der Waals surface area contributed by atoms with Crippen LogP contribution in [0.3, 0.4) is 0 Å². The number of aliphatic carboxylic acids is 1. The first-order valence-electron chi connectivity index (χ1n) is 47.3. The molecule has 5 aromatic rings. The van der Waals surface area contributed by atoms with Gasteiger partial charge < -0.3 is 38.9 Å². The monoisotopic (exact) mass is 1930 g/mol. The quantitative estimate of drug-likeness (QED) is 0.00831. The number of carboxylic acid groups (broad SMARTS) is 1. The average molecular weight is 1930 g/mol. The summed E-state index contributed by atoms with van der Waals surface area (Å²) in [7, 11) is -6.53. The van der Waals surface area contributed by atoms with Gasteiger partial charge in [0.2, 0.25) is 26.0 Å². The molecule has 0 fully saturated rings. The third-order valence-electron chi connectivity index (χ3n) is 23.1. The maximum absolute atomic E-state index is 13.3. The zero-order chi connectivity index (χ0) is 95.3. The second-order valence-corrected chi connectivity index (χ2v) is 42.8. The number of halogens is 1.